The molecule has 0 spiro atoms. The van der Waals surface area contributed by atoms with Crippen molar-refractivity contribution in [1.29, 1.82) is 0 Å². The van der Waals surface area contributed by atoms with Gasteiger partial charge in [0.1, 0.15) is 5.82 Å². The molecule has 2 N–H and O–H groups in total. The number of aromatic nitrogens is 2. The van der Waals surface area contributed by atoms with E-state index in [1.165, 1.54) is 0 Å². The van der Waals surface area contributed by atoms with Gasteiger partial charge < -0.3 is 15.5 Å². The van der Waals surface area contributed by atoms with E-state index in [2.05, 4.69) is 25.5 Å². The Hall–Kier alpha value is -1.89. The smallest absolute Gasteiger partial charge is 0.317 e. The van der Waals surface area contributed by atoms with E-state index in [0.717, 1.165) is 50.8 Å². The van der Waals surface area contributed by atoms with Crippen LogP contribution in [0.2, 0.25) is 0 Å². The van der Waals surface area contributed by atoms with E-state index in [0.29, 0.717) is 6.04 Å². The zero-order valence-corrected chi connectivity index (χ0v) is 11.7. The Morgan fingerprint density at radius 2 is 2.30 bits per heavy atom. The minimum Gasteiger partial charge on any atom is -0.369 e. The van der Waals surface area contributed by atoms with Crippen molar-refractivity contribution in [1.82, 2.24) is 25.1 Å². The van der Waals surface area contributed by atoms with Gasteiger partial charge >= 0.3 is 6.03 Å². The molecule has 2 aliphatic rings. The normalized spacial score (nSPS) is 22.6. The summed E-state index contributed by atoms with van der Waals surface area (Å²) in [6.07, 6.45) is 3.60. The van der Waals surface area contributed by atoms with Gasteiger partial charge in [0.05, 0.1) is 24.1 Å². The Labute approximate surface area is 118 Å². The second-order valence-corrected chi connectivity index (χ2v) is 5.19. The third-order valence-electron chi connectivity index (χ3n) is 3.77. The molecule has 0 bridgehead atoms. The molecule has 0 aliphatic carbocycles. The highest BCUT2D eigenvalue weighted by molar-refractivity contribution is 5.77. The van der Waals surface area contributed by atoms with Gasteiger partial charge in [-0.3, -0.25) is 9.88 Å². The van der Waals surface area contributed by atoms with Crippen molar-refractivity contribution in [3.05, 3.63) is 18.1 Å². The number of rotatable bonds is 4. The average molecular weight is 276 g/mol. The highest BCUT2D eigenvalue weighted by atomic mass is 16.2. The van der Waals surface area contributed by atoms with Gasteiger partial charge in [0.2, 0.25) is 0 Å². The van der Waals surface area contributed by atoms with Crippen molar-refractivity contribution in [2.75, 3.05) is 38.0 Å². The summed E-state index contributed by atoms with van der Waals surface area (Å²) in [5.41, 5.74) is 0.970. The van der Waals surface area contributed by atoms with Crippen LogP contribution in [0.15, 0.2) is 12.4 Å². The molecule has 0 saturated carbocycles. The first-order valence-electron chi connectivity index (χ1n) is 7.08. The van der Waals surface area contributed by atoms with Gasteiger partial charge in [-0.25, -0.2) is 9.78 Å². The number of carbonyl (C=O) groups excluding carboxylic acids is 1. The summed E-state index contributed by atoms with van der Waals surface area (Å²) in [7, 11) is 0. The molecule has 1 atom stereocenters. The van der Waals surface area contributed by atoms with Gasteiger partial charge in [0, 0.05) is 39.3 Å². The molecule has 20 heavy (non-hydrogen) atoms. The Kier molecular flexibility index (Phi) is 3.68. The predicted molar refractivity (Wildman–Crippen MR) is 75.4 cm³/mol. The second-order valence-electron chi connectivity index (χ2n) is 5.19. The van der Waals surface area contributed by atoms with E-state index < -0.39 is 0 Å². The lowest BCUT2D eigenvalue weighted by atomic mass is 10.2. The molecule has 2 fully saturated rings. The lowest BCUT2D eigenvalue weighted by Gasteiger charge is -2.36. The van der Waals surface area contributed by atoms with Gasteiger partial charge in [-0.05, 0) is 6.92 Å². The minimum atomic E-state index is 0.0736. The summed E-state index contributed by atoms with van der Waals surface area (Å²) < 4.78 is 0. The van der Waals surface area contributed by atoms with Crippen LogP contribution in [0.3, 0.4) is 0 Å². The molecular formula is C13H20N6O. The first kappa shape index (κ1) is 13.1. The van der Waals surface area contributed by atoms with Crippen LogP contribution < -0.4 is 10.6 Å². The molecule has 3 heterocycles. The van der Waals surface area contributed by atoms with Crippen LogP contribution >= 0.6 is 0 Å². The summed E-state index contributed by atoms with van der Waals surface area (Å²) in [5, 5.41) is 6.03. The number of amides is 2. The molecule has 1 aromatic rings. The van der Waals surface area contributed by atoms with E-state index >= 15 is 0 Å². The van der Waals surface area contributed by atoms with Crippen molar-refractivity contribution < 1.29 is 4.79 Å². The van der Waals surface area contributed by atoms with Gasteiger partial charge in [0.25, 0.3) is 0 Å². The Morgan fingerprint density at radius 1 is 1.40 bits per heavy atom. The van der Waals surface area contributed by atoms with Crippen molar-refractivity contribution >= 4 is 11.8 Å². The maximum absolute atomic E-state index is 11.5. The number of fused-ring (bicyclic) bond motifs is 1. The molecule has 108 valence electrons. The number of hydrogen-bond donors (Lipinski definition) is 2. The van der Waals surface area contributed by atoms with E-state index in [9.17, 15) is 4.79 Å². The van der Waals surface area contributed by atoms with Crippen molar-refractivity contribution in [3.63, 3.8) is 0 Å². The van der Waals surface area contributed by atoms with E-state index in [1.54, 1.807) is 6.20 Å². The van der Waals surface area contributed by atoms with Crippen molar-refractivity contribution in [3.8, 4) is 0 Å². The SMILES string of the molecule is CCNc1cnc(CN2CCN3C(=O)NCC3C2)cn1. The Morgan fingerprint density at radius 3 is 3.05 bits per heavy atom. The molecule has 2 saturated heterocycles. The minimum absolute atomic E-state index is 0.0736. The van der Waals surface area contributed by atoms with Crippen LogP contribution in [0.1, 0.15) is 12.6 Å². The molecule has 1 unspecified atom stereocenters. The fourth-order valence-electron chi connectivity index (χ4n) is 2.75. The molecule has 7 nitrogen and oxygen atoms in total. The average Bonchev–Trinajstić information content (AvgIpc) is 2.83. The molecule has 2 amide bonds. The van der Waals surface area contributed by atoms with Crippen LogP contribution in [0.25, 0.3) is 0 Å². The lowest BCUT2D eigenvalue weighted by molar-refractivity contribution is 0.115. The highest BCUT2D eigenvalue weighted by Crippen LogP contribution is 2.15. The molecule has 0 radical (unpaired) electrons. The van der Waals surface area contributed by atoms with E-state index in [-0.39, 0.29) is 6.03 Å². The first-order valence-corrected chi connectivity index (χ1v) is 7.08. The molecule has 1 aromatic heterocycles. The van der Waals surface area contributed by atoms with Crippen molar-refractivity contribution in [2.24, 2.45) is 0 Å². The van der Waals surface area contributed by atoms with E-state index in [4.69, 9.17) is 0 Å². The third-order valence-corrected chi connectivity index (χ3v) is 3.77. The zero-order valence-electron chi connectivity index (χ0n) is 11.7. The molecule has 7 heteroatoms. The van der Waals surface area contributed by atoms with Gasteiger partial charge in [-0.2, -0.15) is 0 Å². The Bertz CT molecular complexity index is 476. The van der Waals surface area contributed by atoms with Crippen LogP contribution in [-0.4, -0.2) is 64.6 Å². The van der Waals surface area contributed by atoms with Crippen LogP contribution in [0, 0.1) is 0 Å². The highest BCUT2D eigenvalue weighted by Gasteiger charge is 2.35. The fourth-order valence-corrected chi connectivity index (χ4v) is 2.75. The number of urea groups is 1. The fraction of sp³-hybridized carbons (Fsp3) is 0.615. The number of piperazine rings is 1. The summed E-state index contributed by atoms with van der Waals surface area (Å²) in [6.45, 7) is 7.00. The van der Waals surface area contributed by atoms with Gasteiger partial charge in [0.15, 0.2) is 0 Å². The summed E-state index contributed by atoms with van der Waals surface area (Å²) in [6, 6.07) is 0.370. The van der Waals surface area contributed by atoms with Gasteiger partial charge in [-0.15, -0.1) is 0 Å². The molecule has 0 aromatic carbocycles. The summed E-state index contributed by atoms with van der Waals surface area (Å²) in [4.78, 5) is 24.6. The standard InChI is InChI=1S/C13H20N6O/c1-2-14-12-7-15-10(5-16-12)8-18-3-4-19-11(9-18)6-17-13(19)20/h5,7,11H,2-4,6,8-9H2,1H3,(H,14,16)(H,17,20). The maximum Gasteiger partial charge on any atom is 0.317 e. The van der Waals surface area contributed by atoms with E-state index in [1.807, 2.05) is 18.0 Å². The molecule has 2 aliphatic heterocycles. The quantitative estimate of drug-likeness (QED) is 0.817. The summed E-state index contributed by atoms with van der Waals surface area (Å²) in [5.74, 6) is 0.812. The zero-order chi connectivity index (χ0) is 13.9. The number of anilines is 1. The topological polar surface area (TPSA) is 73.4 Å². The molecule has 3 rings (SSSR count). The van der Waals surface area contributed by atoms with Crippen molar-refractivity contribution in [2.45, 2.75) is 19.5 Å². The molecular weight excluding hydrogens is 256 g/mol. The monoisotopic (exact) mass is 276 g/mol. The number of nitrogens with one attached hydrogen (secondary N) is 2. The first-order chi connectivity index (χ1) is 9.76. The lowest BCUT2D eigenvalue weighted by Crippen LogP contribution is -2.51. The van der Waals surface area contributed by atoms with Crippen LogP contribution in [-0.2, 0) is 6.54 Å². The second kappa shape index (κ2) is 5.62. The number of carbonyl (C=O) groups is 1. The largest absolute Gasteiger partial charge is 0.369 e. The number of nitrogens with zero attached hydrogens (tertiary/aromatic N) is 4. The number of hydrogen-bond acceptors (Lipinski definition) is 5. The maximum atomic E-state index is 11.5. The predicted octanol–water partition coefficient (Wildman–Crippen LogP) is 0.118. The summed E-state index contributed by atoms with van der Waals surface area (Å²) >= 11 is 0. The van der Waals surface area contributed by atoms with Crippen LogP contribution in [0.4, 0.5) is 10.6 Å². The third kappa shape index (κ3) is 2.67. The van der Waals surface area contributed by atoms with Gasteiger partial charge in [-0.1, -0.05) is 0 Å². The van der Waals surface area contributed by atoms with Crippen LogP contribution in [0.5, 0.6) is 0 Å². The Balaban J connectivity index is 1.57.